The largest absolute Gasteiger partial charge is 0.465 e. The number of alkyl halides is 2. The van der Waals surface area contributed by atoms with Gasteiger partial charge in [0.1, 0.15) is 11.6 Å². The molecule has 0 spiro atoms. The van der Waals surface area contributed by atoms with E-state index in [1.54, 1.807) is 31.3 Å². The van der Waals surface area contributed by atoms with Crippen LogP contribution in [0.4, 0.5) is 31.7 Å². The molecule has 2 N–H and O–H groups in total. The lowest BCUT2D eigenvalue weighted by atomic mass is 10.1. The maximum atomic E-state index is 13.6. The van der Waals surface area contributed by atoms with Crippen molar-refractivity contribution in [1.82, 2.24) is 4.98 Å². The summed E-state index contributed by atoms with van der Waals surface area (Å²) < 4.78 is 35.4. The van der Waals surface area contributed by atoms with Crippen molar-refractivity contribution in [1.29, 1.82) is 0 Å². The van der Waals surface area contributed by atoms with Crippen LogP contribution >= 0.6 is 22.0 Å². The topological polar surface area (TPSA) is 86.8 Å². The smallest absolute Gasteiger partial charge is 0.317 e. The summed E-state index contributed by atoms with van der Waals surface area (Å²) in [5.41, 5.74) is 2.73. The first-order valence-corrected chi connectivity index (χ1v) is 16.8. The molecule has 0 radical (unpaired) electrons. The van der Waals surface area contributed by atoms with E-state index < -0.39 is 16.0 Å². The minimum absolute atomic E-state index is 0.172. The number of nitrogens with zero attached hydrogens (tertiary/aromatic N) is 3. The summed E-state index contributed by atoms with van der Waals surface area (Å²) in [7, 11) is -0.639. The molecule has 0 unspecified atom stereocenters. The van der Waals surface area contributed by atoms with Crippen molar-refractivity contribution in [2.24, 2.45) is 0 Å². The number of anilines is 4. The Hall–Kier alpha value is -2.73. The molecule has 1 aromatic carbocycles. The van der Waals surface area contributed by atoms with E-state index in [1.165, 1.54) is 11.9 Å². The van der Waals surface area contributed by atoms with E-state index in [0.29, 0.717) is 23.7 Å². The second-order valence-corrected chi connectivity index (χ2v) is 15.4. The molecule has 0 saturated carbocycles. The van der Waals surface area contributed by atoms with Crippen LogP contribution in [0.2, 0.25) is 0 Å². The number of carbonyl (C=O) groups excluding carboxylic acids is 2. The fourth-order valence-corrected chi connectivity index (χ4v) is 6.73. The zero-order chi connectivity index (χ0) is 28.0. The van der Waals surface area contributed by atoms with Crippen LogP contribution in [-0.2, 0) is 9.53 Å². The molecule has 2 aliphatic heterocycles. The average molecular weight is 582 g/mol. The number of halogens is 2. The highest BCUT2D eigenvalue weighted by Crippen LogP contribution is 2.43. The Bertz CT molecular complexity index is 1160. The Balaban J connectivity index is 1.50. The highest BCUT2D eigenvalue weighted by Gasteiger charge is 2.34. The van der Waals surface area contributed by atoms with Crippen molar-refractivity contribution < 1.29 is 23.1 Å². The molecule has 12 heteroatoms. The van der Waals surface area contributed by atoms with Crippen LogP contribution in [0.25, 0.3) is 0 Å². The number of rotatable bonds is 9. The Morgan fingerprint density at radius 1 is 1.05 bits per heavy atom. The maximum absolute atomic E-state index is 13.6. The molecule has 4 rings (SSSR count). The molecule has 0 aliphatic carbocycles. The van der Waals surface area contributed by atoms with Crippen molar-refractivity contribution in [3.8, 4) is 0 Å². The summed E-state index contributed by atoms with van der Waals surface area (Å²) in [5.74, 6) is -0.258. The van der Waals surface area contributed by atoms with Gasteiger partial charge in [0.05, 0.1) is 17.9 Å². The molecular formula is C27H37F2N5O3S2. The van der Waals surface area contributed by atoms with Gasteiger partial charge in [0.15, 0.2) is 0 Å². The molecule has 1 amide bonds. The lowest BCUT2D eigenvalue weighted by molar-refractivity contribution is -0.139. The van der Waals surface area contributed by atoms with Crippen LogP contribution in [0.3, 0.4) is 0 Å². The van der Waals surface area contributed by atoms with Gasteiger partial charge in [0.2, 0.25) is 0 Å². The van der Waals surface area contributed by atoms with Gasteiger partial charge in [-0.15, -0.1) is 0 Å². The summed E-state index contributed by atoms with van der Waals surface area (Å²) in [6, 6.07) is 9.00. The molecule has 0 atom stereocenters. The van der Waals surface area contributed by atoms with E-state index in [0.717, 1.165) is 36.0 Å². The second kappa shape index (κ2) is 12.6. The minimum atomic E-state index is -2.64. The second-order valence-electron chi connectivity index (χ2n) is 10.3. The van der Waals surface area contributed by atoms with Crippen LogP contribution in [0, 0.1) is 0 Å². The molecule has 0 bridgehead atoms. The molecule has 2 aliphatic rings. The van der Waals surface area contributed by atoms with Crippen LogP contribution in [0.1, 0.15) is 30.1 Å². The van der Waals surface area contributed by atoms with Gasteiger partial charge in [-0.1, -0.05) is 0 Å². The number of nitrogens with one attached hydrogen (secondary N) is 2. The third-order valence-electron chi connectivity index (χ3n) is 6.92. The monoisotopic (exact) mass is 581 g/mol. The molecule has 39 heavy (non-hydrogen) atoms. The van der Waals surface area contributed by atoms with Crippen molar-refractivity contribution in [3.63, 3.8) is 0 Å². The summed E-state index contributed by atoms with van der Waals surface area (Å²) in [6.07, 6.45) is 5.85. The number of hydrogen-bond donors (Lipinski definition) is 2. The normalized spacial score (nSPS) is 19.2. The number of carbonyl (C=O) groups is 2. The predicted molar refractivity (Wildman–Crippen MR) is 159 cm³/mol. The summed E-state index contributed by atoms with van der Waals surface area (Å²) >= 11 is 1.24. The van der Waals surface area contributed by atoms with Gasteiger partial charge in [-0.2, -0.15) is 0 Å². The van der Waals surface area contributed by atoms with Crippen LogP contribution in [0.5, 0.6) is 0 Å². The SMILES string of the molecule is CCOC(=O)CSNc1ccc(C(=O)Nc2ccnc(N3CCC(F)(F)CC3)c2)c(N2CCS(C)(C)CC2)c1. The lowest BCUT2D eigenvalue weighted by Gasteiger charge is -2.42. The molecule has 3 heterocycles. The fourth-order valence-electron chi connectivity index (χ4n) is 4.53. The molecule has 1 aromatic heterocycles. The van der Waals surface area contributed by atoms with E-state index in [2.05, 4.69) is 32.4 Å². The average Bonchev–Trinajstić information content (AvgIpc) is 2.89. The molecule has 2 saturated heterocycles. The molecule has 8 nitrogen and oxygen atoms in total. The van der Waals surface area contributed by atoms with Gasteiger partial charge in [-0.3, -0.25) is 9.59 Å². The van der Waals surface area contributed by atoms with Crippen molar-refractivity contribution >= 4 is 56.7 Å². The highest BCUT2D eigenvalue weighted by molar-refractivity contribution is 8.32. The van der Waals surface area contributed by atoms with Gasteiger partial charge in [-0.25, -0.2) is 23.8 Å². The lowest BCUT2D eigenvalue weighted by Crippen LogP contribution is -2.39. The summed E-state index contributed by atoms with van der Waals surface area (Å²) in [4.78, 5) is 33.6. The quantitative estimate of drug-likeness (QED) is 0.313. The van der Waals surface area contributed by atoms with Crippen LogP contribution < -0.4 is 19.8 Å². The third-order valence-corrected chi connectivity index (χ3v) is 10.3. The van der Waals surface area contributed by atoms with E-state index in [9.17, 15) is 18.4 Å². The molecule has 214 valence electrons. The zero-order valence-corrected chi connectivity index (χ0v) is 24.3. The standard InChI is InChI=1S/C27H37F2N5O3S2/c1-4-37-25(35)19-38-32-21-5-6-22(23(17-21)33-13-15-39(2,3)16-14-33)26(36)31-20-7-10-30-24(18-20)34-11-8-27(28,29)9-12-34/h5-7,10,17-18,32H,4,8-9,11-16,19H2,1-3H3,(H,30,31,36). The zero-order valence-electron chi connectivity index (χ0n) is 22.7. The van der Waals surface area contributed by atoms with Gasteiger partial charge in [0, 0.05) is 62.7 Å². The molecular weight excluding hydrogens is 544 g/mol. The molecule has 2 fully saturated rings. The first-order chi connectivity index (χ1) is 18.5. The Labute approximate surface area is 234 Å². The van der Waals surface area contributed by atoms with Crippen LogP contribution in [-0.4, -0.2) is 85.3 Å². The van der Waals surface area contributed by atoms with Gasteiger partial charge >= 0.3 is 5.97 Å². The van der Waals surface area contributed by atoms with E-state index in [4.69, 9.17) is 4.74 Å². The number of hydrogen-bond acceptors (Lipinski definition) is 8. The highest BCUT2D eigenvalue weighted by atomic mass is 32.3. The predicted octanol–water partition coefficient (Wildman–Crippen LogP) is 5.08. The first kappa shape index (κ1) is 29.3. The summed E-state index contributed by atoms with van der Waals surface area (Å²) in [6.45, 7) is 4.28. The fraction of sp³-hybridized carbons (Fsp3) is 0.519. The number of ether oxygens (including phenoxy) is 1. The molecule has 2 aromatic rings. The minimum Gasteiger partial charge on any atom is -0.465 e. The number of esters is 1. The Morgan fingerprint density at radius 2 is 1.77 bits per heavy atom. The Kier molecular flexibility index (Phi) is 9.47. The number of amides is 1. The van der Waals surface area contributed by atoms with Crippen LogP contribution in [0.15, 0.2) is 36.5 Å². The van der Waals surface area contributed by atoms with E-state index in [1.807, 2.05) is 17.0 Å². The number of pyridine rings is 1. The van der Waals surface area contributed by atoms with E-state index >= 15 is 0 Å². The van der Waals surface area contributed by atoms with Gasteiger partial charge < -0.3 is 24.6 Å². The maximum Gasteiger partial charge on any atom is 0.317 e. The number of benzene rings is 1. The number of piperidine rings is 1. The van der Waals surface area contributed by atoms with Gasteiger partial charge in [-0.05, 0) is 67.2 Å². The summed E-state index contributed by atoms with van der Waals surface area (Å²) in [5, 5.41) is 2.98. The van der Waals surface area contributed by atoms with Crippen molar-refractivity contribution in [2.45, 2.75) is 25.7 Å². The number of aromatic nitrogens is 1. The van der Waals surface area contributed by atoms with Crippen molar-refractivity contribution in [2.75, 3.05) is 82.4 Å². The Morgan fingerprint density at radius 3 is 2.46 bits per heavy atom. The van der Waals surface area contributed by atoms with E-state index in [-0.39, 0.29) is 43.6 Å². The first-order valence-electron chi connectivity index (χ1n) is 13.1. The van der Waals surface area contributed by atoms with Crippen molar-refractivity contribution in [3.05, 3.63) is 42.1 Å². The third kappa shape index (κ3) is 8.14. The van der Waals surface area contributed by atoms with Gasteiger partial charge in [0.25, 0.3) is 11.8 Å².